The van der Waals surface area contributed by atoms with Crippen LogP contribution >= 0.6 is 11.8 Å². The number of rotatable bonds is 5. The van der Waals surface area contributed by atoms with E-state index in [2.05, 4.69) is 10.1 Å². The molecule has 1 rings (SSSR count). The molecule has 0 aliphatic carbocycles. The Kier molecular flexibility index (Phi) is 5.33. The topological polar surface area (TPSA) is 38.3 Å². The van der Waals surface area contributed by atoms with Gasteiger partial charge in [-0.15, -0.1) is 0 Å². The molecule has 0 aromatic carbocycles. The first-order chi connectivity index (χ1) is 6.74. The van der Waals surface area contributed by atoms with Crippen LogP contribution in [-0.2, 0) is 9.53 Å². The van der Waals surface area contributed by atoms with Crippen molar-refractivity contribution >= 4 is 17.7 Å². The first-order valence-electron chi connectivity index (χ1n) is 5.10. The molecule has 1 aliphatic rings. The van der Waals surface area contributed by atoms with Crippen LogP contribution in [0.2, 0.25) is 0 Å². The van der Waals surface area contributed by atoms with Gasteiger partial charge in [-0.2, -0.15) is 11.8 Å². The molecule has 82 valence electrons. The summed E-state index contributed by atoms with van der Waals surface area (Å²) in [5.74, 6) is 3.19. The van der Waals surface area contributed by atoms with Gasteiger partial charge in [0.1, 0.15) is 0 Å². The zero-order valence-corrected chi connectivity index (χ0v) is 9.73. The van der Waals surface area contributed by atoms with E-state index >= 15 is 0 Å². The summed E-state index contributed by atoms with van der Waals surface area (Å²) < 4.78 is 4.65. The molecular formula is C10H19NO2S. The zero-order chi connectivity index (χ0) is 10.4. The average Bonchev–Trinajstić information content (AvgIpc) is 2.69. The van der Waals surface area contributed by atoms with Crippen molar-refractivity contribution in [1.82, 2.24) is 5.32 Å². The third-order valence-corrected chi connectivity index (χ3v) is 3.74. The SMILES string of the molecule is COC(=O)C(C)CNCC1CCSC1. The summed E-state index contributed by atoms with van der Waals surface area (Å²) in [7, 11) is 1.44. The minimum atomic E-state index is -0.127. The van der Waals surface area contributed by atoms with E-state index in [0.717, 1.165) is 19.0 Å². The van der Waals surface area contributed by atoms with Crippen molar-refractivity contribution < 1.29 is 9.53 Å². The Morgan fingerprint density at radius 1 is 1.71 bits per heavy atom. The predicted molar refractivity (Wildman–Crippen MR) is 59.5 cm³/mol. The van der Waals surface area contributed by atoms with E-state index in [1.54, 1.807) is 0 Å². The number of hydrogen-bond acceptors (Lipinski definition) is 4. The molecular weight excluding hydrogens is 198 g/mol. The lowest BCUT2D eigenvalue weighted by Gasteiger charge is -2.13. The summed E-state index contributed by atoms with van der Waals surface area (Å²) in [5, 5.41) is 3.33. The van der Waals surface area contributed by atoms with Gasteiger partial charge in [0, 0.05) is 6.54 Å². The summed E-state index contributed by atoms with van der Waals surface area (Å²) >= 11 is 2.02. The molecule has 0 aromatic heterocycles. The van der Waals surface area contributed by atoms with Gasteiger partial charge < -0.3 is 10.1 Å². The Balaban J connectivity index is 2.05. The van der Waals surface area contributed by atoms with Crippen LogP contribution < -0.4 is 5.32 Å². The van der Waals surface area contributed by atoms with E-state index < -0.39 is 0 Å². The second-order valence-electron chi connectivity index (χ2n) is 3.81. The molecule has 0 spiro atoms. The van der Waals surface area contributed by atoms with Crippen molar-refractivity contribution in [3.8, 4) is 0 Å². The van der Waals surface area contributed by atoms with E-state index in [0.29, 0.717) is 0 Å². The summed E-state index contributed by atoms with van der Waals surface area (Å²) in [5.41, 5.74) is 0. The number of carbonyl (C=O) groups is 1. The van der Waals surface area contributed by atoms with Gasteiger partial charge >= 0.3 is 5.97 Å². The second-order valence-corrected chi connectivity index (χ2v) is 4.96. The fourth-order valence-corrected chi connectivity index (χ4v) is 2.82. The molecule has 0 amide bonds. The van der Waals surface area contributed by atoms with Crippen LogP contribution in [0.3, 0.4) is 0 Å². The second kappa shape index (κ2) is 6.30. The van der Waals surface area contributed by atoms with E-state index in [-0.39, 0.29) is 11.9 Å². The number of carbonyl (C=O) groups excluding carboxylic acids is 1. The van der Waals surface area contributed by atoms with Gasteiger partial charge in [0.2, 0.25) is 0 Å². The minimum Gasteiger partial charge on any atom is -0.469 e. The number of methoxy groups -OCH3 is 1. The fourth-order valence-electron chi connectivity index (χ4n) is 1.53. The first kappa shape index (κ1) is 11.9. The highest BCUT2D eigenvalue weighted by Crippen LogP contribution is 2.22. The highest BCUT2D eigenvalue weighted by atomic mass is 32.2. The molecule has 0 aromatic rings. The van der Waals surface area contributed by atoms with Crippen molar-refractivity contribution in [3.63, 3.8) is 0 Å². The highest BCUT2D eigenvalue weighted by molar-refractivity contribution is 7.99. The Bertz CT molecular complexity index is 181. The molecule has 1 heterocycles. The van der Waals surface area contributed by atoms with Crippen molar-refractivity contribution in [2.24, 2.45) is 11.8 Å². The van der Waals surface area contributed by atoms with Crippen molar-refractivity contribution in [3.05, 3.63) is 0 Å². The van der Waals surface area contributed by atoms with Gasteiger partial charge in [-0.25, -0.2) is 0 Å². The highest BCUT2D eigenvalue weighted by Gasteiger charge is 2.16. The van der Waals surface area contributed by atoms with Gasteiger partial charge in [0.05, 0.1) is 13.0 Å². The van der Waals surface area contributed by atoms with Crippen molar-refractivity contribution in [2.75, 3.05) is 31.7 Å². The maximum Gasteiger partial charge on any atom is 0.309 e. The average molecular weight is 217 g/mol. The molecule has 1 fully saturated rings. The van der Waals surface area contributed by atoms with Gasteiger partial charge in [-0.3, -0.25) is 4.79 Å². The predicted octanol–water partition coefficient (Wildman–Crippen LogP) is 1.14. The molecule has 2 atom stereocenters. The van der Waals surface area contributed by atoms with E-state index in [4.69, 9.17) is 0 Å². The third-order valence-electron chi connectivity index (χ3n) is 2.51. The number of esters is 1. The molecule has 2 unspecified atom stereocenters. The van der Waals surface area contributed by atoms with Gasteiger partial charge in [0.15, 0.2) is 0 Å². The molecule has 3 nitrogen and oxygen atoms in total. The van der Waals surface area contributed by atoms with Crippen LogP contribution in [-0.4, -0.2) is 37.7 Å². The lowest BCUT2D eigenvalue weighted by Crippen LogP contribution is -2.31. The van der Waals surface area contributed by atoms with Crippen molar-refractivity contribution in [1.29, 1.82) is 0 Å². The normalized spacial score (nSPS) is 23.4. The number of nitrogens with one attached hydrogen (secondary N) is 1. The largest absolute Gasteiger partial charge is 0.469 e. The van der Waals surface area contributed by atoms with Gasteiger partial charge in [-0.1, -0.05) is 6.92 Å². The molecule has 0 saturated carbocycles. The maximum absolute atomic E-state index is 11.1. The Labute approximate surface area is 90.0 Å². The molecule has 1 N–H and O–H groups in total. The fraction of sp³-hybridized carbons (Fsp3) is 0.900. The van der Waals surface area contributed by atoms with Crippen LogP contribution in [0.15, 0.2) is 0 Å². The van der Waals surface area contributed by atoms with Crippen molar-refractivity contribution in [2.45, 2.75) is 13.3 Å². The van der Waals surface area contributed by atoms with E-state index in [1.807, 2.05) is 18.7 Å². The Morgan fingerprint density at radius 2 is 2.50 bits per heavy atom. The molecule has 1 saturated heterocycles. The smallest absolute Gasteiger partial charge is 0.309 e. The van der Waals surface area contributed by atoms with Crippen LogP contribution in [0, 0.1) is 11.8 Å². The lowest BCUT2D eigenvalue weighted by atomic mass is 10.1. The summed E-state index contributed by atoms with van der Waals surface area (Å²) in [6.07, 6.45) is 1.31. The number of thioether (sulfide) groups is 1. The molecule has 0 radical (unpaired) electrons. The summed E-state index contributed by atoms with van der Waals surface area (Å²) in [4.78, 5) is 11.1. The Morgan fingerprint density at radius 3 is 3.07 bits per heavy atom. The van der Waals surface area contributed by atoms with Crippen LogP contribution in [0.1, 0.15) is 13.3 Å². The summed E-state index contributed by atoms with van der Waals surface area (Å²) in [6, 6.07) is 0. The van der Waals surface area contributed by atoms with E-state index in [9.17, 15) is 4.79 Å². The minimum absolute atomic E-state index is 0.0333. The standard InChI is InChI=1S/C10H19NO2S/c1-8(10(12)13-2)5-11-6-9-3-4-14-7-9/h8-9,11H,3-7H2,1-2H3. The third kappa shape index (κ3) is 3.88. The first-order valence-corrected chi connectivity index (χ1v) is 6.25. The molecule has 4 heteroatoms. The molecule has 1 aliphatic heterocycles. The Hall–Kier alpha value is -0.220. The molecule has 0 bridgehead atoms. The van der Waals surface area contributed by atoms with Crippen LogP contribution in [0.4, 0.5) is 0 Å². The number of hydrogen-bond donors (Lipinski definition) is 1. The molecule has 14 heavy (non-hydrogen) atoms. The van der Waals surface area contributed by atoms with Gasteiger partial charge in [0.25, 0.3) is 0 Å². The summed E-state index contributed by atoms with van der Waals surface area (Å²) in [6.45, 7) is 3.66. The maximum atomic E-state index is 11.1. The zero-order valence-electron chi connectivity index (χ0n) is 8.91. The van der Waals surface area contributed by atoms with E-state index in [1.165, 1.54) is 25.0 Å². The van der Waals surface area contributed by atoms with Crippen LogP contribution in [0.5, 0.6) is 0 Å². The quantitative estimate of drug-likeness (QED) is 0.701. The van der Waals surface area contributed by atoms with Gasteiger partial charge in [-0.05, 0) is 30.4 Å². The monoisotopic (exact) mass is 217 g/mol. The van der Waals surface area contributed by atoms with Crippen LogP contribution in [0.25, 0.3) is 0 Å². The number of ether oxygens (including phenoxy) is 1. The lowest BCUT2D eigenvalue weighted by molar-refractivity contribution is -0.144.